The predicted molar refractivity (Wildman–Crippen MR) is 41.4 cm³/mol. The molecule has 0 unspecified atom stereocenters. The first kappa shape index (κ1) is 8.01. The Bertz CT molecular complexity index is 235. The van der Waals surface area contributed by atoms with E-state index in [-0.39, 0.29) is 0 Å². The Morgan fingerprint density at radius 3 is 2.82 bits per heavy atom. The van der Waals surface area contributed by atoms with Gasteiger partial charge in [-0.25, -0.2) is 0 Å². The van der Waals surface area contributed by atoms with Gasteiger partial charge in [-0.05, 0) is 19.1 Å². The van der Waals surface area contributed by atoms with Crippen LogP contribution in [0, 0.1) is 0 Å². The van der Waals surface area contributed by atoms with Gasteiger partial charge in [0.1, 0.15) is 11.4 Å². The van der Waals surface area contributed by atoms with Crippen molar-refractivity contribution in [1.82, 2.24) is 4.98 Å². The Balaban J connectivity index is 3.02. The first-order valence-corrected chi connectivity index (χ1v) is 3.42. The fourth-order valence-corrected chi connectivity index (χ4v) is 0.889. The van der Waals surface area contributed by atoms with Crippen LogP contribution in [0.15, 0.2) is 18.3 Å². The van der Waals surface area contributed by atoms with Crippen LogP contribution in [0.5, 0.6) is 5.75 Å². The highest BCUT2D eigenvalue weighted by Gasteiger charge is 2.07. The number of hydrogen-bond acceptors (Lipinski definition) is 3. The Morgan fingerprint density at radius 1 is 1.64 bits per heavy atom. The largest absolute Gasteiger partial charge is 0.495 e. The van der Waals surface area contributed by atoms with E-state index in [1.807, 2.05) is 0 Å². The van der Waals surface area contributed by atoms with Gasteiger partial charge < -0.3 is 9.84 Å². The van der Waals surface area contributed by atoms with Gasteiger partial charge >= 0.3 is 0 Å². The minimum absolute atomic E-state index is 0.578. The zero-order chi connectivity index (χ0) is 8.27. The summed E-state index contributed by atoms with van der Waals surface area (Å²) in [5.41, 5.74) is 0.579. The highest BCUT2D eigenvalue weighted by molar-refractivity contribution is 5.27. The average Bonchev–Trinajstić information content (AvgIpc) is 2.04. The number of aliphatic hydroxyl groups excluding tert-OH is 1. The van der Waals surface area contributed by atoms with Gasteiger partial charge in [-0.3, -0.25) is 4.98 Å². The monoisotopic (exact) mass is 153 g/mol. The molecule has 1 heterocycles. The van der Waals surface area contributed by atoms with E-state index in [2.05, 4.69) is 4.98 Å². The van der Waals surface area contributed by atoms with E-state index in [0.717, 1.165) is 0 Å². The molecule has 1 aromatic rings. The van der Waals surface area contributed by atoms with Crippen LogP contribution >= 0.6 is 0 Å². The number of hydrogen-bond donors (Lipinski definition) is 1. The molecule has 1 aromatic heterocycles. The molecule has 0 aliphatic heterocycles. The van der Waals surface area contributed by atoms with Gasteiger partial charge in [0.25, 0.3) is 0 Å². The normalized spacial score (nSPS) is 12.6. The molecule has 0 saturated carbocycles. The van der Waals surface area contributed by atoms with Crippen molar-refractivity contribution in [1.29, 1.82) is 0 Å². The standard InChI is InChI=1S/C8H11NO2/c1-6(10)8-7(11-2)4-3-5-9-8/h3-6,10H,1-2H3/t6-/m1/s1. The maximum atomic E-state index is 9.19. The molecule has 0 amide bonds. The van der Waals surface area contributed by atoms with Crippen LogP contribution in [-0.2, 0) is 0 Å². The smallest absolute Gasteiger partial charge is 0.143 e. The summed E-state index contributed by atoms with van der Waals surface area (Å²) in [6.07, 6.45) is 1.05. The van der Waals surface area contributed by atoms with Gasteiger partial charge in [0.2, 0.25) is 0 Å². The molecule has 0 spiro atoms. The fraction of sp³-hybridized carbons (Fsp3) is 0.375. The number of methoxy groups -OCH3 is 1. The molecule has 0 bridgehead atoms. The minimum atomic E-state index is -0.578. The van der Waals surface area contributed by atoms with Crippen LogP contribution < -0.4 is 4.74 Å². The third-order valence-electron chi connectivity index (χ3n) is 1.42. The number of pyridine rings is 1. The number of aromatic nitrogens is 1. The zero-order valence-electron chi connectivity index (χ0n) is 6.61. The summed E-state index contributed by atoms with van der Waals surface area (Å²) >= 11 is 0. The summed E-state index contributed by atoms with van der Waals surface area (Å²) in [6.45, 7) is 1.66. The zero-order valence-corrected chi connectivity index (χ0v) is 6.61. The molecular weight excluding hydrogens is 142 g/mol. The molecule has 0 aromatic carbocycles. The summed E-state index contributed by atoms with van der Waals surface area (Å²) in [5.74, 6) is 0.627. The molecular formula is C8H11NO2. The molecule has 11 heavy (non-hydrogen) atoms. The Kier molecular flexibility index (Phi) is 2.44. The maximum Gasteiger partial charge on any atom is 0.143 e. The highest BCUT2D eigenvalue weighted by Crippen LogP contribution is 2.20. The average molecular weight is 153 g/mol. The van der Waals surface area contributed by atoms with E-state index >= 15 is 0 Å². The first-order chi connectivity index (χ1) is 5.25. The third kappa shape index (κ3) is 1.68. The summed E-state index contributed by atoms with van der Waals surface area (Å²) in [7, 11) is 1.56. The van der Waals surface area contributed by atoms with Gasteiger partial charge in [-0.15, -0.1) is 0 Å². The number of ether oxygens (including phenoxy) is 1. The lowest BCUT2D eigenvalue weighted by molar-refractivity contribution is 0.189. The quantitative estimate of drug-likeness (QED) is 0.692. The van der Waals surface area contributed by atoms with Gasteiger partial charge in [-0.2, -0.15) is 0 Å². The molecule has 1 N–H and O–H groups in total. The van der Waals surface area contributed by atoms with Crippen LogP contribution in [0.4, 0.5) is 0 Å². The van der Waals surface area contributed by atoms with Crippen molar-refractivity contribution in [3.8, 4) is 5.75 Å². The summed E-state index contributed by atoms with van der Waals surface area (Å²) in [5, 5.41) is 9.19. The van der Waals surface area contributed by atoms with E-state index in [4.69, 9.17) is 4.74 Å². The topological polar surface area (TPSA) is 42.4 Å². The molecule has 0 aliphatic carbocycles. The number of rotatable bonds is 2. The van der Waals surface area contributed by atoms with Crippen molar-refractivity contribution in [3.05, 3.63) is 24.0 Å². The molecule has 0 fully saturated rings. The molecule has 1 atom stereocenters. The van der Waals surface area contributed by atoms with Crippen LogP contribution in [0.3, 0.4) is 0 Å². The lowest BCUT2D eigenvalue weighted by Gasteiger charge is -2.07. The van der Waals surface area contributed by atoms with Crippen molar-refractivity contribution in [2.75, 3.05) is 7.11 Å². The molecule has 0 saturated heterocycles. The second-order valence-electron chi connectivity index (χ2n) is 2.27. The van der Waals surface area contributed by atoms with Crippen molar-refractivity contribution in [2.45, 2.75) is 13.0 Å². The molecule has 0 aliphatic rings. The summed E-state index contributed by atoms with van der Waals surface area (Å²) in [4.78, 5) is 3.97. The van der Waals surface area contributed by atoms with Crippen LogP contribution in [0.2, 0.25) is 0 Å². The van der Waals surface area contributed by atoms with Crippen LogP contribution in [0.1, 0.15) is 18.7 Å². The van der Waals surface area contributed by atoms with Crippen LogP contribution in [-0.4, -0.2) is 17.2 Å². The molecule has 3 nitrogen and oxygen atoms in total. The maximum absolute atomic E-state index is 9.19. The number of nitrogens with zero attached hydrogens (tertiary/aromatic N) is 1. The van der Waals surface area contributed by atoms with E-state index in [9.17, 15) is 5.11 Å². The SMILES string of the molecule is COc1cccnc1[C@@H](C)O. The molecule has 3 heteroatoms. The predicted octanol–water partition coefficient (Wildman–Crippen LogP) is 1.14. The van der Waals surface area contributed by atoms with Gasteiger partial charge in [0.05, 0.1) is 13.2 Å². The second kappa shape index (κ2) is 3.34. The van der Waals surface area contributed by atoms with Crippen LogP contribution in [0.25, 0.3) is 0 Å². The van der Waals surface area contributed by atoms with Gasteiger partial charge in [0.15, 0.2) is 0 Å². The first-order valence-electron chi connectivity index (χ1n) is 3.42. The lowest BCUT2D eigenvalue weighted by Crippen LogP contribution is -1.98. The second-order valence-corrected chi connectivity index (χ2v) is 2.27. The molecule has 60 valence electrons. The summed E-state index contributed by atoms with van der Waals surface area (Å²) in [6, 6.07) is 3.54. The molecule has 1 rings (SSSR count). The van der Waals surface area contributed by atoms with Crippen molar-refractivity contribution in [2.24, 2.45) is 0 Å². The van der Waals surface area contributed by atoms with Gasteiger partial charge in [-0.1, -0.05) is 0 Å². The van der Waals surface area contributed by atoms with E-state index in [0.29, 0.717) is 11.4 Å². The van der Waals surface area contributed by atoms with E-state index < -0.39 is 6.10 Å². The summed E-state index contributed by atoms with van der Waals surface area (Å²) < 4.78 is 4.98. The van der Waals surface area contributed by atoms with E-state index in [1.165, 1.54) is 0 Å². The third-order valence-corrected chi connectivity index (χ3v) is 1.42. The van der Waals surface area contributed by atoms with Gasteiger partial charge in [0, 0.05) is 6.20 Å². The van der Waals surface area contributed by atoms with Crippen molar-refractivity contribution < 1.29 is 9.84 Å². The molecule has 0 radical (unpaired) electrons. The lowest BCUT2D eigenvalue weighted by atomic mass is 10.2. The Morgan fingerprint density at radius 2 is 2.36 bits per heavy atom. The highest BCUT2D eigenvalue weighted by atomic mass is 16.5. The minimum Gasteiger partial charge on any atom is -0.495 e. The van der Waals surface area contributed by atoms with Crippen molar-refractivity contribution in [3.63, 3.8) is 0 Å². The van der Waals surface area contributed by atoms with Crippen molar-refractivity contribution >= 4 is 0 Å². The Hall–Kier alpha value is -1.09. The fourth-order valence-electron chi connectivity index (χ4n) is 0.889. The Labute approximate surface area is 65.7 Å². The van der Waals surface area contributed by atoms with E-state index in [1.54, 1.807) is 32.4 Å². The number of aliphatic hydroxyl groups is 1.